The Labute approximate surface area is 107 Å². The van der Waals surface area contributed by atoms with Crippen LogP contribution in [0.2, 0.25) is 0 Å². The lowest BCUT2D eigenvalue weighted by Crippen LogP contribution is -2.34. The lowest BCUT2D eigenvalue weighted by atomic mass is 10.1. The first-order chi connectivity index (χ1) is 8.66. The van der Waals surface area contributed by atoms with Gasteiger partial charge in [0.1, 0.15) is 11.9 Å². The molecule has 0 fully saturated rings. The number of furan rings is 1. The first-order valence-electron chi connectivity index (χ1n) is 6.38. The van der Waals surface area contributed by atoms with E-state index >= 15 is 0 Å². The summed E-state index contributed by atoms with van der Waals surface area (Å²) in [5.74, 6) is 0.530. The van der Waals surface area contributed by atoms with Crippen molar-refractivity contribution in [2.75, 3.05) is 0 Å². The molecule has 2 N–H and O–H groups in total. The van der Waals surface area contributed by atoms with Gasteiger partial charge in [-0.05, 0) is 38.3 Å². The lowest BCUT2D eigenvalue weighted by Gasteiger charge is -2.17. The largest absolute Gasteiger partial charge is 0.467 e. The number of allylic oxidation sites excluding steroid dienone is 1. The summed E-state index contributed by atoms with van der Waals surface area (Å²) in [4.78, 5) is 11.8. The molecular formula is C14H19NO3. The van der Waals surface area contributed by atoms with Crippen molar-refractivity contribution in [3.8, 4) is 0 Å². The fourth-order valence-electron chi connectivity index (χ4n) is 2.18. The van der Waals surface area contributed by atoms with Gasteiger partial charge in [-0.15, -0.1) is 0 Å². The van der Waals surface area contributed by atoms with Crippen molar-refractivity contribution in [3.63, 3.8) is 0 Å². The fourth-order valence-corrected chi connectivity index (χ4v) is 2.18. The SMILES string of the molecule is CC(CC(O)c1ccco1)NC(=O)C1=CCCC1. The molecule has 0 bridgehead atoms. The molecule has 4 nitrogen and oxygen atoms in total. The van der Waals surface area contributed by atoms with E-state index in [0.717, 1.165) is 24.8 Å². The quantitative estimate of drug-likeness (QED) is 0.841. The van der Waals surface area contributed by atoms with Crippen LogP contribution in [-0.4, -0.2) is 17.1 Å². The van der Waals surface area contributed by atoms with Crippen molar-refractivity contribution in [1.82, 2.24) is 5.32 Å². The van der Waals surface area contributed by atoms with E-state index in [2.05, 4.69) is 5.32 Å². The van der Waals surface area contributed by atoms with Crippen LogP contribution in [0.4, 0.5) is 0 Å². The molecule has 0 saturated carbocycles. The second-order valence-corrected chi connectivity index (χ2v) is 4.76. The highest BCUT2D eigenvalue weighted by atomic mass is 16.4. The molecule has 0 aliphatic heterocycles. The molecule has 1 heterocycles. The smallest absolute Gasteiger partial charge is 0.247 e. The second kappa shape index (κ2) is 5.87. The third-order valence-corrected chi connectivity index (χ3v) is 3.16. The number of rotatable bonds is 5. The Morgan fingerprint density at radius 3 is 3.06 bits per heavy atom. The van der Waals surface area contributed by atoms with Crippen LogP contribution in [-0.2, 0) is 4.79 Å². The van der Waals surface area contributed by atoms with Crippen molar-refractivity contribution in [3.05, 3.63) is 35.8 Å². The first kappa shape index (κ1) is 12.9. The number of aliphatic hydroxyl groups excluding tert-OH is 1. The Balaban J connectivity index is 1.81. The summed E-state index contributed by atoms with van der Waals surface area (Å²) in [5, 5.41) is 12.8. The molecule has 18 heavy (non-hydrogen) atoms. The van der Waals surface area contributed by atoms with E-state index < -0.39 is 6.10 Å². The molecule has 2 unspecified atom stereocenters. The van der Waals surface area contributed by atoms with Crippen LogP contribution >= 0.6 is 0 Å². The number of carbonyl (C=O) groups is 1. The molecule has 0 radical (unpaired) electrons. The van der Waals surface area contributed by atoms with Gasteiger partial charge in [-0.2, -0.15) is 0 Å². The first-order valence-corrected chi connectivity index (χ1v) is 6.38. The monoisotopic (exact) mass is 249 g/mol. The van der Waals surface area contributed by atoms with Gasteiger partial charge in [0.05, 0.1) is 6.26 Å². The zero-order valence-corrected chi connectivity index (χ0v) is 10.6. The number of amides is 1. The van der Waals surface area contributed by atoms with Crippen LogP contribution in [0.1, 0.15) is 44.5 Å². The minimum atomic E-state index is -0.673. The number of aliphatic hydroxyl groups is 1. The maximum absolute atomic E-state index is 11.8. The Morgan fingerprint density at radius 2 is 2.44 bits per heavy atom. The van der Waals surface area contributed by atoms with E-state index in [0.29, 0.717) is 12.2 Å². The zero-order chi connectivity index (χ0) is 13.0. The zero-order valence-electron chi connectivity index (χ0n) is 10.6. The lowest BCUT2D eigenvalue weighted by molar-refractivity contribution is -0.118. The van der Waals surface area contributed by atoms with Crippen LogP contribution in [0.25, 0.3) is 0 Å². The summed E-state index contributed by atoms with van der Waals surface area (Å²) in [6, 6.07) is 3.39. The molecule has 2 rings (SSSR count). The summed E-state index contributed by atoms with van der Waals surface area (Å²) in [7, 11) is 0. The average Bonchev–Trinajstić information content (AvgIpc) is 3.02. The minimum Gasteiger partial charge on any atom is -0.467 e. The van der Waals surface area contributed by atoms with Crippen molar-refractivity contribution >= 4 is 5.91 Å². The Bertz CT molecular complexity index is 422. The minimum absolute atomic E-state index is 0.00774. The van der Waals surface area contributed by atoms with E-state index in [4.69, 9.17) is 4.42 Å². The number of hydrogen-bond acceptors (Lipinski definition) is 3. The second-order valence-electron chi connectivity index (χ2n) is 4.76. The molecule has 2 atom stereocenters. The number of carbonyl (C=O) groups excluding carboxylic acids is 1. The summed E-state index contributed by atoms with van der Waals surface area (Å²) in [6.45, 7) is 1.89. The average molecular weight is 249 g/mol. The number of hydrogen-bond donors (Lipinski definition) is 2. The predicted molar refractivity (Wildman–Crippen MR) is 67.8 cm³/mol. The summed E-state index contributed by atoms with van der Waals surface area (Å²) in [5.41, 5.74) is 0.870. The molecule has 1 amide bonds. The predicted octanol–water partition coefficient (Wildman–Crippen LogP) is 2.32. The Morgan fingerprint density at radius 1 is 1.61 bits per heavy atom. The van der Waals surface area contributed by atoms with Gasteiger partial charge in [-0.3, -0.25) is 4.79 Å². The van der Waals surface area contributed by atoms with Crippen LogP contribution < -0.4 is 5.32 Å². The highest BCUT2D eigenvalue weighted by Crippen LogP contribution is 2.20. The van der Waals surface area contributed by atoms with Gasteiger partial charge in [0, 0.05) is 18.0 Å². The summed E-state index contributed by atoms with van der Waals surface area (Å²) >= 11 is 0. The molecule has 1 aliphatic carbocycles. The van der Waals surface area contributed by atoms with Crippen molar-refractivity contribution in [1.29, 1.82) is 0 Å². The maximum Gasteiger partial charge on any atom is 0.247 e. The van der Waals surface area contributed by atoms with E-state index in [1.807, 2.05) is 13.0 Å². The summed E-state index contributed by atoms with van der Waals surface area (Å²) < 4.78 is 5.13. The van der Waals surface area contributed by atoms with E-state index in [-0.39, 0.29) is 11.9 Å². The van der Waals surface area contributed by atoms with Gasteiger partial charge in [-0.25, -0.2) is 0 Å². The molecule has 98 valence electrons. The van der Waals surface area contributed by atoms with Crippen molar-refractivity contribution in [2.24, 2.45) is 0 Å². The van der Waals surface area contributed by atoms with Gasteiger partial charge in [0.25, 0.3) is 0 Å². The molecule has 0 spiro atoms. The molecule has 1 aromatic heterocycles. The highest BCUT2D eigenvalue weighted by Gasteiger charge is 2.19. The summed E-state index contributed by atoms with van der Waals surface area (Å²) in [6.07, 6.45) is 6.22. The molecule has 1 aliphatic rings. The normalized spacial score (nSPS) is 18.2. The van der Waals surface area contributed by atoms with Crippen LogP contribution in [0.5, 0.6) is 0 Å². The van der Waals surface area contributed by atoms with Gasteiger partial charge >= 0.3 is 0 Å². The van der Waals surface area contributed by atoms with Gasteiger partial charge in [-0.1, -0.05) is 6.08 Å². The molecule has 0 saturated heterocycles. The van der Waals surface area contributed by atoms with Crippen molar-refractivity contribution < 1.29 is 14.3 Å². The van der Waals surface area contributed by atoms with Gasteiger partial charge in [0.2, 0.25) is 5.91 Å². The van der Waals surface area contributed by atoms with E-state index in [9.17, 15) is 9.90 Å². The van der Waals surface area contributed by atoms with E-state index in [1.165, 1.54) is 6.26 Å². The maximum atomic E-state index is 11.8. The fraction of sp³-hybridized carbons (Fsp3) is 0.500. The van der Waals surface area contributed by atoms with Gasteiger partial charge < -0.3 is 14.8 Å². The van der Waals surface area contributed by atoms with Crippen LogP contribution in [0.15, 0.2) is 34.5 Å². The van der Waals surface area contributed by atoms with E-state index in [1.54, 1.807) is 12.1 Å². The molecule has 4 heteroatoms. The Kier molecular flexibility index (Phi) is 4.20. The standard InChI is InChI=1S/C14H19NO3/c1-10(9-12(16)13-7-4-8-18-13)15-14(17)11-5-2-3-6-11/h4-5,7-8,10,12,16H,2-3,6,9H2,1H3,(H,15,17). The third-order valence-electron chi connectivity index (χ3n) is 3.16. The van der Waals surface area contributed by atoms with Crippen molar-refractivity contribution in [2.45, 2.75) is 44.8 Å². The highest BCUT2D eigenvalue weighted by molar-refractivity contribution is 5.93. The van der Waals surface area contributed by atoms with Crippen LogP contribution in [0.3, 0.4) is 0 Å². The third kappa shape index (κ3) is 3.23. The number of nitrogens with one attached hydrogen (secondary N) is 1. The topological polar surface area (TPSA) is 62.5 Å². The molecular weight excluding hydrogens is 230 g/mol. The van der Waals surface area contributed by atoms with Gasteiger partial charge in [0.15, 0.2) is 0 Å². The molecule has 0 aromatic carbocycles. The molecule has 1 aromatic rings. The Hall–Kier alpha value is -1.55. The van der Waals surface area contributed by atoms with Crippen LogP contribution in [0, 0.1) is 0 Å².